The summed E-state index contributed by atoms with van der Waals surface area (Å²) in [6.45, 7) is 5.43. The van der Waals surface area contributed by atoms with Gasteiger partial charge in [0.1, 0.15) is 0 Å². The summed E-state index contributed by atoms with van der Waals surface area (Å²) in [5.74, 6) is -0.941. The van der Waals surface area contributed by atoms with Crippen LogP contribution in [0.15, 0.2) is 42.6 Å². The zero-order valence-corrected chi connectivity index (χ0v) is 13.5. The van der Waals surface area contributed by atoms with E-state index in [0.29, 0.717) is 11.3 Å². The van der Waals surface area contributed by atoms with E-state index < -0.39 is 12.1 Å². The average molecular weight is 312 g/mol. The number of aromatic nitrogens is 1. The first kappa shape index (κ1) is 16.7. The second kappa shape index (κ2) is 7.54. The third-order valence-electron chi connectivity index (χ3n) is 3.43. The van der Waals surface area contributed by atoms with Crippen molar-refractivity contribution in [3.8, 4) is 0 Å². The largest absolute Gasteiger partial charge is 0.449 e. The Kier molecular flexibility index (Phi) is 5.46. The maximum absolute atomic E-state index is 12.1. The second-order valence-corrected chi connectivity index (χ2v) is 5.28. The summed E-state index contributed by atoms with van der Waals surface area (Å²) in [5.41, 5.74) is 2.99. The molecule has 0 saturated carbocycles. The van der Waals surface area contributed by atoms with Gasteiger partial charge in [0.2, 0.25) is 0 Å². The average Bonchev–Trinajstić information content (AvgIpc) is 2.56. The lowest BCUT2D eigenvalue weighted by Gasteiger charge is -2.13. The van der Waals surface area contributed by atoms with Crippen LogP contribution in [0.5, 0.6) is 0 Å². The van der Waals surface area contributed by atoms with Gasteiger partial charge < -0.3 is 10.1 Å². The molecule has 5 nitrogen and oxygen atoms in total. The number of carbonyl (C=O) groups excluding carboxylic acids is 2. The lowest BCUT2D eigenvalue weighted by Crippen LogP contribution is -2.30. The molecular weight excluding hydrogens is 292 g/mol. The van der Waals surface area contributed by atoms with Gasteiger partial charge in [-0.15, -0.1) is 0 Å². The zero-order valence-electron chi connectivity index (χ0n) is 13.5. The van der Waals surface area contributed by atoms with E-state index in [1.807, 2.05) is 31.2 Å². The van der Waals surface area contributed by atoms with E-state index in [2.05, 4.69) is 17.2 Å². The molecule has 0 aliphatic carbocycles. The molecule has 0 bridgehead atoms. The number of benzene rings is 1. The first-order valence-corrected chi connectivity index (χ1v) is 7.53. The number of esters is 1. The van der Waals surface area contributed by atoms with Gasteiger partial charge in [-0.25, -0.2) is 4.79 Å². The van der Waals surface area contributed by atoms with Gasteiger partial charge in [-0.3, -0.25) is 9.78 Å². The Morgan fingerprint density at radius 2 is 1.87 bits per heavy atom. The number of amides is 1. The standard InChI is InChI=1S/C18H20N2O3/c1-4-14-6-9-16(10-7-14)20-17(21)13(3)23-18(22)15-8-5-12(2)19-11-15/h5-11,13H,4H2,1-3H3,(H,20,21). The van der Waals surface area contributed by atoms with Gasteiger partial charge in [0.15, 0.2) is 6.10 Å². The smallest absolute Gasteiger partial charge is 0.340 e. The number of hydrogen-bond donors (Lipinski definition) is 1. The molecule has 1 atom stereocenters. The lowest BCUT2D eigenvalue weighted by atomic mass is 10.1. The number of aryl methyl sites for hydroxylation is 2. The molecule has 2 aromatic rings. The molecule has 0 radical (unpaired) electrons. The maximum atomic E-state index is 12.1. The number of hydrogen-bond acceptors (Lipinski definition) is 4. The molecule has 0 saturated heterocycles. The second-order valence-electron chi connectivity index (χ2n) is 5.28. The first-order valence-electron chi connectivity index (χ1n) is 7.53. The van der Waals surface area contributed by atoms with Crippen molar-refractivity contribution in [1.82, 2.24) is 4.98 Å². The van der Waals surface area contributed by atoms with Crippen LogP contribution in [0.3, 0.4) is 0 Å². The highest BCUT2D eigenvalue weighted by Gasteiger charge is 2.19. The van der Waals surface area contributed by atoms with Crippen molar-refractivity contribution in [2.24, 2.45) is 0 Å². The van der Waals surface area contributed by atoms with Gasteiger partial charge >= 0.3 is 5.97 Å². The van der Waals surface area contributed by atoms with Gasteiger partial charge in [-0.05, 0) is 50.1 Å². The fourth-order valence-electron chi connectivity index (χ4n) is 1.94. The molecule has 0 fully saturated rings. The van der Waals surface area contributed by atoms with Crippen molar-refractivity contribution in [3.05, 3.63) is 59.4 Å². The topological polar surface area (TPSA) is 68.3 Å². The minimum atomic E-state index is -0.894. The van der Waals surface area contributed by atoms with E-state index in [-0.39, 0.29) is 5.91 Å². The summed E-state index contributed by atoms with van der Waals surface area (Å²) in [4.78, 5) is 28.1. The third-order valence-corrected chi connectivity index (χ3v) is 3.43. The molecule has 120 valence electrons. The molecule has 1 aromatic carbocycles. The molecule has 1 heterocycles. The van der Waals surface area contributed by atoms with E-state index >= 15 is 0 Å². The minimum absolute atomic E-state index is 0.322. The molecule has 1 unspecified atom stereocenters. The Morgan fingerprint density at radius 1 is 1.17 bits per heavy atom. The molecule has 0 spiro atoms. The predicted octanol–water partition coefficient (Wildman–Crippen LogP) is 3.14. The molecule has 1 aromatic heterocycles. The van der Waals surface area contributed by atoms with Gasteiger partial charge in [0.25, 0.3) is 5.91 Å². The van der Waals surface area contributed by atoms with E-state index in [1.165, 1.54) is 18.7 Å². The Balaban J connectivity index is 1.93. The van der Waals surface area contributed by atoms with E-state index in [4.69, 9.17) is 4.74 Å². The Bertz CT molecular complexity index is 678. The molecule has 5 heteroatoms. The molecule has 1 amide bonds. The number of ether oxygens (including phenoxy) is 1. The van der Waals surface area contributed by atoms with Crippen LogP contribution < -0.4 is 5.32 Å². The summed E-state index contributed by atoms with van der Waals surface area (Å²) in [6, 6.07) is 10.9. The number of rotatable bonds is 5. The number of carbonyl (C=O) groups is 2. The van der Waals surface area contributed by atoms with Crippen LogP contribution in [0.4, 0.5) is 5.69 Å². The van der Waals surface area contributed by atoms with Crippen LogP contribution in [0.2, 0.25) is 0 Å². The predicted molar refractivity (Wildman–Crippen MR) is 88.3 cm³/mol. The Morgan fingerprint density at radius 3 is 2.43 bits per heavy atom. The summed E-state index contributed by atoms with van der Waals surface area (Å²) in [5, 5.41) is 2.73. The molecule has 1 N–H and O–H groups in total. The van der Waals surface area contributed by atoms with Crippen LogP contribution in [0.1, 0.15) is 35.5 Å². The van der Waals surface area contributed by atoms with Gasteiger partial charge in [0.05, 0.1) is 5.56 Å². The molecular formula is C18H20N2O3. The number of pyridine rings is 1. The van der Waals surface area contributed by atoms with Crippen molar-refractivity contribution < 1.29 is 14.3 Å². The third kappa shape index (κ3) is 4.64. The van der Waals surface area contributed by atoms with Crippen molar-refractivity contribution in [2.45, 2.75) is 33.3 Å². The summed E-state index contributed by atoms with van der Waals surface area (Å²) in [6.07, 6.45) is 1.48. The van der Waals surface area contributed by atoms with Gasteiger partial charge in [0, 0.05) is 17.6 Å². The summed E-state index contributed by atoms with van der Waals surface area (Å²) < 4.78 is 5.16. The van der Waals surface area contributed by atoms with Crippen molar-refractivity contribution >= 4 is 17.6 Å². The minimum Gasteiger partial charge on any atom is -0.449 e. The molecule has 0 aliphatic heterocycles. The molecule has 0 aliphatic rings. The van der Waals surface area contributed by atoms with E-state index in [9.17, 15) is 9.59 Å². The zero-order chi connectivity index (χ0) is 16.8. The van der Waals surface area contributed by atoms with Crippen LogP contribution in [-0.4, -0.2) is 23.0 Å². The summed E-state index contributed by atoms with van der Waals surface area (Å²) in [7, 11) is 0. The van der Waals surface area contributed by atoms with Gasteiger partial charge in [-0.1, -0.05) is 19.1 Å². The highest BCUT2D eigenvalue weighted by atomic mass is 16.5. The van der Waals surface area contributed by atoms with Crippen molar-refractivity contribution in [3.63, 3.8) is 0 Å². The fourth-order valence-corrected chi connectivity index (χ4v) is 1.94. The summed E-state index contributed by atoms with van der Waals surface area (Å²) >= 11 is 0. The van der Waals surface area contributed by atoms with Crippen LogP contribution in [0, 0.1) is 6.92 Å². The monoisotopic (exact) mass is 312 g/mol. The first-order chi connectivity index (χ1) is 11.0. The highest BCUT2D eigenvalue weighted by molar-refractivity contribution is 5.97. The highest BCUT2D eigenvalue weighted by Crippen LogP contribution is 2.11. The normalized spacial score (nSPS) is 11.6. The van der Waals surface area contributed by atoms with Crippen LogP contribution in [0.25, 0.3) is 0 Å². The quantitative estimate of drug-likeness (QED) is 0.861. The lowest BCUT2D eigenvalue weighted by molar-refractivity contribution is -0.123. The number of nitrogens with one attached hydrogen (secondary N) is 1. The molecule has 23 heavy (non-hydrogen) atoms. The fraction of sp³-hybridized carbons (Fsp3) is 0.278. The van der Waals surface area contributed by atoms with Crippen LogP contribution >= 0.6 is 0 Å². The van der Waals surface area contributed by atoms with Gasteiger partial charge in [-0.2, -0.15) is 0 Å². The van der Waals surface area contributed by atoms with E-state index in [0.717, 1.165) is 12.1 Å². The van der Waals surface area contributed by atoms with Crippen molar-refractivity contribution in [2.75, 3.05) is 5.32 Å². The van der Waals surface area contributed by atoms with E-state index in [1.54, 1.807) is 12.1 Å². The maximum Gasteiger partial charge on any atom is 0.340 e. The Hall–Kier alpha value is -2.69. The van der Waals surface area contributed by atoms with Crippen molar-refractivity contribution in [1.29, 1.82) is 0 Å². The number of nitrogens with zero attached hydrogens (tertiary/aromatic N) is 1. The Labute approximate surface area is 135 Å². The SMILES string of the molecule is CCc1ccc(NC(=O)C(C)OC(=O)c2ccc(C)nc2)cc1. The van der Waals surface area contributed by atoms with Crippen LogP contribution in [-0.2, 0) is 16.0 Å². The number of anilines is 1. The molecule has 2 rings (SSSR count).